The van der Waals surface area contributed by atoms with Gasteiger partial charge in [-0.3, -0.25) is 0 Å². The minimum absolute atomic E-state index is 0.569. The van der Waals surface area contributed by atoms with E-state index in [-0.39, 0.29) is 0 Å². The van der Waals surface area contributed by atoms with Crippen molar-refractivity contribution < 1.29 is 34.8 Å². The minimum atomic E-state index is -1.31. The molecular formula is C38H74N2Si2Ti2. The van der Waals surface area contributed by atoms with Crippen LogP contribution in [0.15, 0.2) is 41.2 Å². The summed E-state index contributed by atoms with van der Waals surface area (Å²) in [6, 6.07) is 1.51. The topological polar surface area (TPSA) is 24.1 Å². The fraction of sp³-hybridized carbons (Fsp3) is 0.789. The van der Waals surface area contributed by atoms with Gasteiger partial charge in [0.2, 0.25) is 0 Å². The van der Waals surface area contributed by atoms with Crippen LogP contribution in [-0.4, -0.2) is 25.4 Å². The second-order valence-corrected chi connectivity index (χ2v) is 40.7. The molecule has 3 aliphatic carbocycles. The van der Waals surface area contributed by atoms with Gasteiger partial charge in [-0.1, -0.05) is 0 Å². The first-order valence-electron chi connectivity index (χ1n) is 18.8. The summed E-state index contributed by atoms with van der Waals surface area (Å²) in [7, 11) is 0. The fourth-order valence-electron chi connectivity index (χ4n) is 7.60. The van der Waals surface area contributed by atoms with E-state index in [1.807, 2.05) is 7.76 Å². The molecule has 0 radical (unpaired) electrons. The summed E-state index contributed by atoms with van der Waals surface area (Å²) in [5.41, 5.74) is 9.75. The first-order chi connectivity index (χ1) is 20.7. The monoisotopic (exact) mass is 710 g/mol. The van der Waals surface area contributed by atoms with E-state index >= 15 is 0 Å². The van der Waals surface area contributed by atoms with Crippen molar-refractivity contribution in [1.29, 1.82) is 0 Å². The van der Waals surface area contributed by atoms with Gasteiger partial charge in [0.25, 0.3) is 0 Å². The second kappa shape index (κ2) is 20.3. The van der Waals surface area contributed by atoms with Crippen LogP contribution in [0.2, 0.25) is 26.2 Å². The Labute approximate surface area is 291 Å². The first kappa shape index (κ1) is 40.9. The molecule has 0 aliphatic heterocycles. The normalized spacial score (nSPS) is 23.7. The number of hydrogen-bond donors (Lipinski definition) is 2. The van der Waals surface area contributed by atoms with Gasteiger partial charge in [0, 0.05) is 0 Å². The predicted molar refractivity (Wildman–Crippen MR) is 199 cm³/mol. The van der Waals surface area contributed by atoms with E-state index in [1.54, 1.807) is 33.4 Å². The second-order valence-electron chi connectivity index (χ2n) is 15.3. The van der Waals surface area contributed by atoms with Crippen LogP contribution in [-0.2, 0) is 34.8 Å². The summed E-state index contributed by atoms with van der Waals surface area (Å²) in [5.74, 6) is 1.44. The van der Waals surface area contributed by atoms with Crippen molar-refractivity contribution in [2.45, 2.75) is 185 Å². The van der Waals surface area contributed by atoms with E-state index in [0.717, 1.165) is 12.0 Å². The Balaban J connectivity index is 0.000000329. The van der Waals surface area contributed by atoms with Gasteiger partial charge in [-0.05, 0) is 0 Å². The number of allylic oxidation sites excluding steroid dienone is 8. The molecule has 0 bridgehead atoms. The van der Waals surface area contributed by atoms with Crippen molar-refractivity contribution in [3.05, 3.63) is 41.2 Å². The third kappa shape index (κ3) is 11.4. The van der Waals surface area contributed by atoms with E-state index < -0.39 is 48.1 Å². The molecule has 2 nitrogen and oxygen atoms in total. The van der Waals surface area contributed by atoms with Crippen molar-refractivity contribution in [3.8, 4) is 0 Å². The molecule has 0 aromatic heterocycles. The fourth-order valence-corrected chi connectivity index (χ4v) is 31.2. The maximum absolute atomic E-state index is 4.40. The van der Waals surface area contributed by atoms with Crippen molar-refractivity contribution in [2.24, 2.45) is 11.8 Å². The summed E-state index contributed by atoms with van der Waals surface area (Å²) in [6.07, 6.45) is 17.3. The number of hydrogen-bond acceptors (Lipinski definition) is 2. The van der Waals surface area contributed by atoms with Gasteiger partial charge in [0.1, 0.15) is 0 Å². The van der Waals surface area contributed by atoms with Crippen LogP contribution in [0, 0.1) is 11.8 Å². The van der Waals surface area contributed by atoms with Crippen LogP contribution in [0.4, 0.5) is 0 Å². The summed E-state index contributed by atoms with van der Waals surface area (Å²) < 4.78 is 12.2. The van der Waals surface area contributed by atoms with Crippen LogP contribution < -0.4 is 7.60 Å². The van der Waals surface area contributed by atoms with Crippen LogP contribution in [0.3, 0.4) is 0 Å². The van der Waals surface area contributed by atoms with Crippen molar-refractivity contribution in [3.63, 3.8) is 0 Å². The van der Waals surface area contributed by atoms with E-state index in [2.05, 4.69) is 103 Å². The molecule has 0 heterocycles. The molecule has 0 spiro atoms. The molecule has 1 fully saturated rings. The summed E-state index contributed by atoms with van der Waals surface area (Å²) in [6.45, 7) is 32.8. The Morgan fingerprint density at radius 3 is 1.30 bits per heavy atom. The zero-order chi connectivity index (χ0) is 33.1. The molecule has 0 aromatic rings. The average molecular weight is 711 g/mol. The van der Waals surface area contributed by atoms with E-state index in [9.17, 15) is 0 Å². The van der Waals surface area contributed by atoms with Crippen LogP contribution in [0.5, 0.6) is 0 Å². The Hall–Kier alpha value is 0.742. The van der Waals surface area contributed by atoms with Crippen LogP contribution in [0.25, 0.3) is 0 Å². The molecule has 3 atom stereocenters. The third-order valence-corrected chi connectivity index (χ3v) is 35.3. The van der Waals surface area contributed by atoms with Gasteiger partial charge < -0.3 is 0 Å². The molecule has 6 heteroatoms. The molecule has 0 aromatic carbocycles. The maximum atomic E-state index is 4.40. The Morgan fingerprint density at radius 1 is 0.614 bits per heavy atom. The molecule has 0 amide bonds. The predicted octanol–water partition coefficient (Wildman–Crippen LogP) is 11.2. The zero-order valence-electron chi connectivity index (χ0n) is 31.9. The molecule has 3 unspecified atom stereocenters. The molecule has 0 saturated heterocycles. The molecular weight excluding hydrogens is 636 g/mol. The van der Waals surface area contributed by atoms with E-state index in [4.69, 9.17) is 0 Å². The standard InChI is InChI=1S/C12H24N.2C9H13.C4H10N.2C2H7Si.2Ti/c13-12-10-8-6-4-2-1-3-5-7-9-11-12;2*1-6-5-7(2)9(4)8(6)3;1-3-4(2)5;2*1-3-2;;/h12-13H,1-11H2;2*6H,1-4H3;4-5H,3H2,1-2H3;2*3H,1-2H3;;/q-1;;;-1;;;2*+1. The molecule has 252 valence electrons. The van der Waals surface area contributed by atoms with Crippen molar-refractivity contribution in [1.82, 2.24) is 7.60 Å². The van der Waals surface area contributed by atoms with Crippen molar-refractivity contribution >= 4 is 13.3 Å². The van der Waals surface area contributed by atoms with Gasteiger partial charge in [-0.25, -0.2) is 0 Å². The number of nitrogens with one attached hydrogen (secondary N) is 2. The summed E-state index contributed by atoms with van der Waals surface area (Å²) >= 11 is -2.52. The van der Waals surface area contributed by atoms with Gasteiger partial charge in [0.05, 0.1) is 0 Å². The number of rotatable bonds is 9. The molecule has 2 N–H and O–H groups in total. The molecule has 3 rings (SSSR count). The summed E-state index contributed by atoms with van der Waals surface area (Å²) in [5, 5.41) is 0. The van der Waals surface area contributed by atoms with Gasteiger partial charge in [-0.2, -0.15) is 0 Å². The first-order valence-corrected chi connectivity index (χ1v) is 33.1. The van der Waals surface area contributed by atoms with Crippen molar-refractivity contribution in [2.75, 3.05) is 0 Å². The zero-order valence-corrected chi connectivity index (χ0v) is 37.4. The van der Waals surface area contributed by atoms with Crippen LogP contribution >= 0.6 is 0 Å². The molecule has 44 heavy (non-hydrogen) atoms. The Morgan fingerprint density at radius 2 is 0.977 bits per heavy atom. The Bertz CT molecular complexity index is 1030. The SMILES string of the molecule is CC1=C(C)C(C)[C]([Ti]([NH]C2CCCCCCCCCCC2)[SiH](C)C)=C1C.CCC(C)[NH][Ti]([C]1=C(C)C(C)=C(C)C1C)[SiH](C)C. The quantitative estimate of drug-likeness (QED) is 0.233. The average Bonchev–Trinajstić information content (AvgIpc) is 3.28. The summed E-state index contributed by atoms with van der Waals surface area (Å²) in [4.78, 5) is 0. The molecule has 3 aliphatic rings. The molecule has 1 saturated carbocycles. The van der Waals surface area contributed by atoms with E-state index in [0.29, 0.717) is 12.0 Å². The van der Waals surface area contributed by atoms with Gasteiger partial charge in [0.15, 0.2) is 0 Å². The van der Waals surface area contributed by atoms with Crippen LogP contribution in [0.1, 0.15) is 146 Å². The van der Waals surface area contributed by atoms with Gasteiger partial charge >= 0.3 is 293 Å². The van der Waals surface area contributed by atoms with Gasteiger partial charge in [-0.15, -0.1) is 0 Å². The van der Waals surface area contributed by atoms with E-state index in [1.165, 1.54) is 77.0 Å². The Kier molecular flexibility index (Phi) is 18.9. The third-order valence-electron chi connectivity index (χ3n) is 11.5.